The summed E-state index contributed by atoms with van der Waals surface area (Å²) in [5, 5.41) is 6.17. The SMILES string of the molecule is CCCC[C@@H](C)NC(=O)C(NC(=O)Cc1ccccc1)C1CCCCC1. The van der Waals surface area contributed by atoms with Crippen molar-refractivity contribution in [3.63, 3.8) is 0 Å². The predicted octanol–water partition coefficient (Wildman–Crippen LogP) is 3.99. The Morgan fingerprint density at radius 3 is 2.42 bits per heavy atom. The largest absolute Gasteiger partial charge is 0.352 e. The number of nitrogens with one attached hydrogen (secondary N) is 2. The van der Waals surface area contributed by atoms with Crippen LogP contribution in [-0.4, -0.2) is 23.9 Å². The van der Waals surface area contributed by atoms with Crippen LogP contribution in [0.15, 0.2) is 30.3 Å². The van der Waals surface area contributed by atoms with E-state index in [4.69, 9.17) is 0 Å². The summed E-state index contributed by atoms with van der Waals surface area (Å²) in [4.78, 5) is 25.4. The molecule has 2 atom stereocenters. The smallest absolute Gasteiger partial charge is 0.243 e. The van der Waals surface area contributed by atoms with E-state index in [2.05, 4.69) is 24.5 Å². The van der Waals surface area contributed by atoms with Gasteiger partial charge in [-0.2, -0.15) is 0 Å². The summed E-state index contributed by atoms with van der Waals surface area (Å²) in [6.45, 7) is 4.21. The van der Waals surface area contributed by atoms with Gasteiger partial charge in [-0.1, -0.05) is 69.4 Å². The zero-order valence-corrected chi connectivity index (χ0v) is 16.3. The number of carbonyl (C=O) groups excluding carboxylic acids is 2. The first-order chi connectivity index (χ1) is 12.6. The van der Waals surface area contributed by atoms with Gasteiger partial charge in [0.25, 0.3) is 0 Å². The van der Waals surface area contributed by atoms with Crippen LogP contribution in [-0.2, 0) is 16.0 Å². The van der Waals surface area contributed by atoms with Gasteiger partial charge in [0.1, 0.15) is 6.04 Å². The lowest BCUT2D eigenvalue weighted by Crippen LogP contribution is -2.53. The molecular weight excluding hydrogens is 324 g/mol. The first kappa shape index (κ1) is 20.5. The highest BCUT2D eigenvalue weighted by molar-refractivity contribution is 5.88. The number of hydrogen-bond acceptors (Lipinski definition) is 2. The van der Waals surface area contributed by atoms with Gasteiger partial charge in [-0.25, -0.2) is 0 Å². The first-order valence-corrected chi connectivity index (χ1v) is 10.2. The number of carbonyl (C=O) groups is 2. The molecule has 4 nitrogen and oxygen atoms in total. The Labute approximate surface area is 158 Å². The second-order valence-electron chi connectivity index (χ2n) is 7.66. The quantitative estimate of drug-likeness (QED) is 0.701. The molecule has 1 aromatic carbocycles. The van der Waals surface area contributed by atoms with E-state index in [0.717, 1.165) is 50.5 Å². The van der Waals surface area contributed by atoms with Gasteiger partial charge in [0.2, 0.25) is 11.8 Å². The van der Waals surface area contributed by atoms with Gasteiger partial charge in [0.05, 0.1) is 6.42 Å². The molecule has 26 heavy (non-hydrogen) atoms. The van der Waals surface area contributed by atoms with Crippen LogP contribution in [0.3, 0.4) is 0 Å². The summed E-state index contributed by atoms with van der Waals surface area (Å²) in [6.07, 6.45) is 9.11. The number of benzene rings is 1. The number of unbranched alkanes of at least 4 members (excludes halogenated alkanes) is 1. The van der Waals surface area contributed by atoms with Gasteiger partial charge < -0.3 is 10.6 Å². The summed E-state index contributed by atoms with van der Waals surface area (Å²) in [6, 6.07) is 9.45. The first-order valence-electron chi connectivity index (χ1n) is 10.2. The molecule has 1 aliphatic carbocycles. The van der Waals surface area contributed by atoms with Crippen molar-refractivity contribution in [1.29, 1.82) is 0 Å². The average Bonchev–Trinajstić information content (AvgIpc) is 2.66. The monoisotopic (exact) mass is 358 g/mol. The molecule has 0 spiro atoms. The molecule has 0 saturated heterocycles. The Bertz CT molecular complexity index is 553. The van der Waals surface area contributed by atoms with E-state index in [1.165, 1.54) is 6.42 Å². The molecule has 0 radical (unpaired) electrons. The van der Waals surface area contributed by atoms with Gasteiger partial charge in [-0.15, -0.1) is 0 Å². The molecule has 1 aromatic rings. The van der Waals surface area contributed by atoms with Gasteiger partial charge in [-0.3, -0.25) is 9.59 Å². The van der Waals surface area contributed by atoms with E-state index in [-0.39, 0.29) is 23.8 Å². The van der Waals surface area contributed by atoms with Crippen molar-refractivity contribution in [3.05, 3.63) is 35.9 Å². The molecule has 1 fully saturated rings. The topological polar surface area (TPSA) is 58.2 Å². The fraction of sp³-hybridized carbons (Fsp3) is 0.636. The van der Waals surface area contributed by atoms with Gasteiger partial charge in [-0.05, 0) is 37.7 Å². The normalized spacial score (nSPS) is 17.3. The summed E-state index contributed by atoms with van der Waals surface area (Å²) in [5.74, 6) is 0.173. The van der Waals surface area contributed by atoms with E-state index in [0.29, 0.717) is 6.42 Å². The van der Waals surface area contributed by atoms with Crippen LogP contribution in [0.4, 0.5) is 0 Å². The maximum Gasteiger partial charge on any atom is 0.243 e. The molecular formula is C22H34N2O2. The Kier molecular flexibility index (Phi) is 8.66. The van der Waals surface area contributed by atoms with Crippen molar-refractivity contribution in [2.24, 2.45) is 5.92 Å². The van der Waals surface area contributed by atoms with Crippen molar-refractivity contribution >= 4 is 11.8 Å². The van der Waals surface area contributed by atoms with Crippen LogP contribution in [0.1, 0.15) is 70.8 Å². The highest BCUT2D eigenvalue weighted by Crippen LogP contribution is 2.27. The third kappa shape index (κ3) is 6.81. The summed E-state index contributed by atoms with van der Waals surface area (Å²) in [5.41, 5.74) is 0.976. The van der Waals surface area contributed by atoms with E-state index >= 15 is 0 Å². The van der Waals surface area contributed by atoms with Crippen LogP contribution in [0.5, 0.6) is 0 Å². The third-order valence-corrected chi connectivity index (χ3v) is 5.31. The Balaban J connectivity index is 1.98. The maximum atomic E-state index is 12.9. The summed E-state index contributed by atoms with van der Waals surface area (Å²) in [7, 11) is 0. The molecule has 2 N–H and O–H groups in total. The predicted molar refractivity (Wildman–Crippen MR) is 106 cm³/mol. The zero-order valence-electron chi connectivity index (χ0n) is 16.3. The van der Waals surface area contributed by atoms with Gasteiger partial charge in [0.15, 0.2) is 0 Å². The fourth-order valence-corrected chi connectivity index (χ4v) is 3.79. The lowest BCUT2D eigenvalue weighted by atomic mass is 9.83. The molecule has 0 aromatic heterocycles. The van der Waals surface area contributed by atoms with Crippen LogP contribution in [0.2, 0.25) is 0 Å². The molecule has 1 unspecified atom stereocenters. The van der Waals surface area contributed by atoms with Gasteiger partial charge in [0, 0.05) is 6.04 Å². The van der Waals surface area contributed by atoms with E-state index < -0.39 is 6.04 Å². The van der Waals surface area contributed by atoms with Crippen molar-refractivity contribution in [2.75, 3.05) is 0 Å². The minimum Gasteiger partial charge on any atom is -0.352 e. The molecule has 0 aliphatic heterocycles. The molecule has 2 amide bonds. The van der Waals surface area contributed by atoms with Crippen molar-refractivity contribution in [2.45, 2.75) is 83.7 Å². The minimum absolute atomic E-state index is 0.0121. The van der Waals surface area contributed by atoms with Crippen LogP contribution in [0, 0.1) is 5.92 Å². The maximum absolute atomic E-state index is 12.9. The zero-order chi connectivity index (χ0) is 18.8. The standard InChI is InChI=1S/C22H34N2O2/c1-3-4-11-17(2)23-22(26)21(19-14-9-6-10-15-19)24-20(25)16-18-12-7-5-8-13-18/h5,7-8,12-13,17,19,21H,3-4,6,9-11,14-16H2,1-2H3,(H,23,26)(H,24,25)/t17-,21?/m1/s1. The van der Waals surface area contributed by atoms with Crippen LogP contribution >= 0.6 is 0 Å². The number of rotatable bonds is 9. The van der Waals surface area contributed by atoms with Gasteiger partial charge >= 0.3 is 0 Å². The second kappa shape index (κ2) is 11.0. The average molecular weight is 359 g/mol. The lowest BCUT2D eigenvalue weighted by Gasteiger charge is -2.31. The van der Waals surface area contributed by atoms with E-state index in [1.54, 1.807) is 0 Å². The fourth-order valence-electron chi connectivity index (χ4n) is 3.79. The Morgan fingerprint density at radius 2 is 1.77 bits per heavy atom. The molecule has 0 heterocycles. The van der Waals surface area contributed by atoms with E-state index in [9.17, 15) is 9.59 Å². The molecule has 1 aliphatic rings. The van der Waals surface area contributed by atoms with Crippen LogP contribution in [0.25, 0.3) is 0 Å². The van der Waals surface area contributed by atoms with Crippen LogP contribution < -0.4 is 10.6 Å². The van der Waals surface area contributed by atoms with Crippen molar-refractivity contribution < 1.29 is 9.59 Å². The van der Waals surface area contributed by atoms with Crippen molar-refractivity contribution in [3.8, 4) is 0 Å². The Hall–Kier alpha value is -1.84. The summed E-state index contributed by atoms with van der Waals surface area (Å²) < 4.78 is 0. The molecule has 144 valence electrons. The molecule has 1 saturated carbocycles. The highest BCUT2D eigenvalue weighted by atomic mass is 16.2. The number of amides is 2. The van der Waals surface area contributed by atoms with Crippen molar-refractivity contribution in [1.82, 2.24) is 10.6 Å². The minimum atomic E-state index is -0.407. The molecule has 2 rings (SSSR count). The lowest BCUT2D eigenvalue weighted by molar-refractivity contribution is -0.130. The van der Waals surface area contributed by atoms with E-state index in [1.807, 2.05) is 30.3 Å². The second-order valence-corrected chi connectivity index (χ2v) is 7.66. The summed E-state index contributed by atoms with van der Waals surface area (Å²) >= 11 is 0. The Morgan fingerprint density at radius 1 is 1.08 bits per heavy atom. The highest BCUT2D eigenvalue weighted by Gasteiger charge is 2.31. The third-order valence-electron chi connectivity index (χ3n) is 5.31. The number of hydrogen-bond donors (Lipinski definition) is 2. The molecule has 0 bridgehead atoms. The molecule has 4 heteroatoms.